The molecule has 20 heavy (non-hydrogen) atoms. The van der Waals surface area contributed by atoms with E-state index in [2.05, 4.69) is 10.6 Å². The van der Waals surface area contributed by atoms with Gasteiger partial charge in [-0.3, -0.25) is 14.4 Å². The summed E-state index contributed by atoms with van der Waals surface area (Å²) in [5.41, 5.74) is 5.11. The highest BCUT2D eigenvalue weighted by Gasteiger charge is 2.15. The molecule has 5 N–H and O–H groups in total. The second kappa shape index (κ2) is 6.71. The molecule has 0 aliphatic heterocycles. The third kappa shape index (κ3) is 4.39. The van der Waals surface area contributed by atoms with Crippen LogP contribution in [0.3, 0.4) is 0 Å². The number of aryl methyl sites for hydroxylation is 2. The molecule has 1 rings (SSSR count). The van der Waals surface area contributed by atoms with Crippen molar-refractivity contribution in [3.05, 3.63) is 23.2 Å². The molecule has 0 aliphatic carbocycles. The molecule has 3 amide bonds. The van der Waals surface area contributed by atoms with Gasteiger partial charge in [0.2, 0.25) is 0 Å². The standard InChI is InChI=1S/C12H17N3O5/c1-6-3-9(7(2)20-6)11(18)14-4-8(16)5-15-12(19)10(13)17/h3,8,16H,4-5H2,1-2H3,(H2,13,17)(H,14,18)(H,15,19). The van der Waals surface area contributed by atoms with Crippen molar-refractivity contribution in [3.8, 4) is 0 Å². The van der Waals surface area contributed by atoms with Gasteiger partial charge in [-0.1, -0.05) is 0 Å². The molecule has 1 heterocycles. The van der Waals surface area contributed by atoms with Crippen molar-refractivity contribution in [2.75, 3.05) is 13.1 Å². The van der Waals surface area contributed by atoms with E-state index >= 15 is 0 Å². The molecule has 1 atom stereocenters. The summed E-state index contributed by atoms with van der Waals surface area (Å²) in [5.74, 6) is -1.42. The SMILES string of the molecule is Cc1cc(C(=O)NCC(O)CNC(=O)C(N)=O)c(C)o1. The van der Waals surface area contributed by atoms with E-state index in [0.29, 0.717) is 17.1 Å². The van der Waals surface area contributed by atoms with Crippen LogP contribution in [0.4, 0.5) is 0 Å². The van der Waals surface area contributed by atoms with E-state index in [-0.39, 0.29) is 19.0 Å². The van der Waals surface area contributed by atoms with Crippen molar-refractivity contribution < 1.29 is 23.9 Å². The highest BCUT2D eigenvalue weighted by Crippen LogP contribution is 2.13. The van der Waals surface area contributed by atoms with Gasteiger partial charge in [0, 0.05) is 13.1 Å². The van der Waals surface area contributed by atoms with Crippen LogP contribution in [0.25, 0.3) is 0 Å². The van der Waals surface area contributed by atoms with Gasteiger partial charge in [0.05, 0.1) is 11.7 Å². The Bertz CT molecular complexity index is 523. The van der Waals surface area contributed by atoms with Gasteiger partial charge in [-0.05, 0) is 19.9 Å². The van der Waals surface area contributed by atoms with Gasteiger partial charge in [0.15, 0.2) is 0 Å². The molecule has 8 heteroatoms. The zero-order valence-corrected chi connectivity index (χ0v) is 11.2. The topological polar surface area (TPSA) is 135 Å². The minimum absolute atomic E-state index is 0.0818. The molecule has 0 aromatic carbocycles. The first-order valence-corrected chi connectivity index (χ1v) is 5.92. The number of carbonyl (C=O) groups excluding carboxylic acids is 3. The molecule has 0 saturated heterocycles. The molecule has 0 radical (unpaired) electrons. The first kappa shape index (κ1) is 15.7. The second-order valence-corrected chi connectivity index (χ2v) is 4.27. The number of nitrogens with one attached hydrogen (secondary N) is 2. The van der Waals surface area contributed by atoms with Crippen molar-refractivity contribution in [1.82, 2.24) is 10.6 Å². The molecule has 0 fully saturated rings. The lowest BCUT2D eigenvalue weighted by atomic mass is 10.2. The number of carbonyl (C=O) groups is 3. The zero-order valence-electron chi connectivity index (χ0n) is 11.2. The summed E-state index contributed by atoms with van der Waals surface area (Å²) in [6.45, 7) is 3.11. The zero-order chi connectivity index (χ0) is 15.3. The fraction of sp³-hybridized carbons (Fsp3) is 0.417. The van der Waals surface area contributed by atoms with Gasteiger partial charge in [-0.15, -0.1) is 0 Å². The fourth-order valence-corrected chi connectivity index (χ4v) is 1.53. The minimum atomic E-state index is -1.13. The lowest BCUT2D eigenvalue weighted by Gasteiger charge is -2.11. The molecular weight excluding hydrogens is 266 g/mol. The number of aliphatic hydroxyl groups is 1. The van der Waals surface area contributed by atoms with E-state index in [4.69, 9.17) is 10.2 Å². The molecule has 0 bridgehead atoms. The van der Waals surface area contributed by atoms with Gasteiger partial charge < -0.3 is 25.9 Å². The van der Waals surface area contributed by atoms with E-state index < -0.39 is 17.9 Å². The Morgan fingerprint density at radius 3 is 2.40 bits per heavy atom. The van der Waals surface area contributed by atoms with Gasteiger partial charge >= 0.3 is 11.8 Å². The predicted molar refractivity (Wildman–Crippen MR) is 68.7 cm³/mol. The molecule has 110 valence electrons. The largest absolute Gasteiger partial charge is 0.466 e. The number of primary amides is 1. The molecule has 0 aliphatic rings. The summed E-state index contributed by atoms with van der Waals surface area (Å²) in [6.07, 6.45) is -1.03. The fourth-order valence-electron chi connectivity index (χ4n) is 1.53. The second-order valence-electron chi connectivity index (χ2n) is 4.27. The van der Waals surface area contributed by atoms with Crippen LogP contribution in [0.2, 0.25) is 0 Å². The van der Waals surface area contributed by atoms with E-state index in [1.165, 1.54) is 0 Å². The molecule has 1 aromatic rings. The maximum atomic E-state index is 11.8. The maximum absolute atomic E-state index is 11.8. The van der Waals surface area contributed by atoms with E-state index in [1.54, 1.807) is 19.9 Å². The van der Waals surface area contributed by atoms with E-state index in [1.807, 2.05) is 0 Å². The molecule has 1 unspecified atom stereocenters. The van der Waals surface area contributed by atoms with Crippen LogP contribution in [0.15, 0.2) is 10.5 Å². The highest BCUT2D eigenvalue weighted by molar-refractivity contribution is 6.34. The number of hydrogen-bond donors (Lipinski definition) is 4. The molecule has 1 aromatic heterocycles. The summed E-state index contributed by atoms with van der Waals surface area (Å²) >= 11 is 0. The van der Waals surface area contributed by atoms with Crippen LogP contribution in [-0.4, -0.2) is 42.0 Å². The van der Waals surface area contributed by atoms with Crippen molar-refractivity contribution in [2.24, 2.45) is 5.73 Å². The number of amides is 3. The van der Waals surface area contributed by atoms with Crippen molar-refractivity contribution in [2.45, 2.75) is 20.0 Å². The van der Waals surface area contributed by atoms with E-state index in [0.717, 1.165) is 0 Å². The van der Waals surface area contributed by atoms with Crippen LogP contribution >= 0.6 is 0 Å². The molecule has 0 spiro atoms. The van der Waals surface area contributed by atoms with Crippen LogP contribution < -0.4 is 16.4 Å². The van der Waals surface area contributed by atoms with Gasteiger partial charge in [-0.2, -0.15) is 0 Å². The van der Waals surface area contributed by atoms with Crippen molar-refractivity contribution >= 4 is 17.7 Å². The van der Waals surface area contributed by atoms with Crippen LogP contribution in [0.5, 0.6) is 0 Å². The third-order valence-electron chi connectivity index (χ3n) is 2.51. The Balaban J connectivity index is 2.39. The van der Waals surface area contributed by atoms with Crippen molar-refractivity contribution in [3.63, 3.8) is 0 Å². The monoisotopic (exact) mass is 283 g/mol. The first-order valence-electron chi connectivity index (χ1n) is 5.92. The molecular formula is C12H17N3O5. The van der Waals surface area contributed by atoms with Gasteiger partial charge in [0.25, 0.3) is 5.91 Å². The average Bonchev–Trinajstić information content (AvgIpc) is 2.71. The summed E-state index contributed by atoms with van der Waals surface area (Å²) in [6, 6.07) is 1.59. The Hall–Kier alpha value is -2.35. The summed E-state index contributed by atoms with van der Waals surface area (Å²) in [7, 11) is 0. The first-order chi connectivity index (χ1) is 9.31. The van der Waals surface area contributed by atoms with Gasteiger partial charge in [-0.25, -0.2) is 0 Å². The van der Waals surface area contributed by atoms with Crippen LogP contribution in [0, 0.1) is 13.8 Å². The normalized spacial score (nSPS) is 11.8. The van der Waals surface area contributed by atoms with Crippen LogP contribution in [0.1, 0.15) is 21.9 Å². The number of rotatable bonds is 5. The Labute approximate surface area is 115 Å². The Morgan fingerprint density at radius 1 is 1.30 bits per heavy atom. The lowest BCUT2D eigenvalue weighted by molar-refractivity contribution is -0.137. The average molecular weight is 283 g/mol. The van der Waals surface area contributed by atoms with E-state index in [9.17, 15) is 19.5 Å². The maximum Gasteiger partial charge on any atom is 0.309 e. The summed E-state index contributed by atoms with van der Waals surface area (Å²) < 4.78 is 5.22. The number of nitrogens with two attached hydrogens (primary N) is 1. The third-order valence-corrected chi connectivity index (χ3v) is 2.51. The molecule has 0 saturated carbocycles. The van der Waals surface area contributed by atoms with Crippen molar-refractivity contribution in [1.29, 1.82) is 0 Å². The number of furan rings is 1. The highest BCUT2D eigenvalue weighted by atomic mass is 16.3. The summed E-state index contributed by atoms with van der Waals surface area (Å²) in [5, 5.41) is 14.2. The summed E-state index contributed by atoms with van der Waals surface area (Å²) in [4.78, 5) is 33.1. The van der Waals surface area contributed by atoms with Crippen LogP contribution in [-0.2, 0) is 9.59 Å². The minimum Gasteiger partial charge on any atom is -0.466 e. The number of aliphatic hydroxyl groups excluding tert-OH is 1. The quantitative estimate of drug-likeness (QED) is 0.492. The Kier molecular flexibility index (Phi) is 5.27. The smallest absolute Gasteiger partial charge is 0.309 e. The Morgan fingerprint density at radius 2 is 1.90 bits per heavy atom. The lowest BCUT2D eigenvalue weighted by Crippen LogP contribution is -2.43. The molecule has 8 nitrogen and oxygen atoms in total. The van der Waals surface area contributed by atoms with Gasteiger partial charge in [0.1, 0.15) is 11.5 Å². The predicted octanol–water partition coefficient (Wildman–Crippen LogP) is -1.41. The number of hydrogen-bond acceptors (Lipinski definition) is 5.